The number of allylic oxidation sites excluding steroid dienone is 8. The van der Waals surface area contributed by atoms with Crippen LogP contribution in [0.1, 0.15) is 35.6 Å². The van der Waals surface area contributed by atoms with Gasteiger partial charge in [-0.25, -0.2) is 0 Å². The fraction of sp³-hybridized carbons (Fsp3) is 0.407. The number of hydrogen-bond donors (Lipinski definition) is 12. The molecule has 3 aliphatic rings. The second-order valence-electron chi connectivity index (χ2n) is 18.1. The number of aliphatic hydroxyl groups is 9. The summed E-state index contributed by atoms with van der Waals surface area (Å²) in [5.41, 5.74) is 3.93. The van der Waals surface area contributed by atoms with Crippen LogP contribution in [0.3, 0.4) is 0 Å². The first-order valence-electron chi connectivity index (χ1n) is 25.7. The number of ether oxygens (including phenoxy) is 6. The molecule has 80 heavy (non-hydrogen) atoms. The quantitative estimate of drug-likeness (QED) is 0.0437. The number of hydrogen-bond acceptors (Lipinski definition) is 18. The summed E-state index contributed by atoms with van der Waals surface area (Å²) in [4.78, 5) is 36.2. The Hall–Kier alpha value is -6.53. The minimum absolute atomic E-state index is 0.452. The van der Waals surface area contributed by atoms with E-state index in [4.69, 9.17) is 33.5 Å². The van der Waals surface area contributed by atoms with E-state index >= 15 is 0 Å². The molecule has 0 aliphatic carbocycles. The van der Waals surface area contributed by atoms with Gasteiger partial charge >= 0.3 is 0 Å². The number of amides is 3. The Morgan fingerprint density at radius 3 is 1.34 bits per heavy atom. The van der Waals surface area contributed by atoms with Crippen molar-refractivity contribution >= 4 is 29.9 Å². The van der Waals surface area contributed by atoms with E-state index in [1.165, 1.54) is 39.0 Å². The molecule has 15 unspecified atom stereocenters. The minimum atomic E-state index is -1.35. The Morgan fingerprint density at radius 1 is 0.500 bits per heavy atom. The third kappa shape index (κ3) is 21.2. The molecule has 0 radical (unpaired) electrons. The molecule has 0 saturated carbocycles. The van der Waals surface area contributed by atoms with Crippen molar-refractivity contribution in [1.29, 1.82) is 0 Å². The Bertz CT molecular complexity index is 2540. The van der Waals surface area contributed by atoms with Crippen LogP contribution < -0.4 is 16.0 Å². The van der Waals surface area contributed by atoms with E-state index in [-0.39, 0.29) is 0 Å². The highest BCUT2D eigenvalue weighted by Gasteiger charge is 2.47. The molecule has 0 spiro atoms. The summed E-state index contributed by atoms with van der Waals surface area (Å²) in [7, 11) is 4.04. The molecule has 3 saturated heterocycles. The topological polar surface area (TPSA) is 325 Å². The third-order valence-corrected chi connectivity index (χ3v) is 12.4. The normalized spacial score (nSPS) is 28.7. The predicted molar refractivity (Wildman–Crippen MR) is 295 cm³/mol. The molecule has 3 aromatic rings. The van der Waals surface area contributed by atoms with E-state index in [0.717, 1.165) is 24.0 Å². The lowest BCUT2D eigenvalue weighted by molar-refractivity contribution is -0.262. The SMILES string of the molecule is CCCc1ccc(/C=C/C(=O)NC2C(OC)OC(CO)C(O)C2O)cc1.COC1OC(CO)C(O)C(O)C1NC(=O)/C=C/C=C/C=C/C=C/C=C/c1ccccc1.COC1OC(CO)C(O)C(O)C1NC(=O)C#Cc1ccccc1. The van der Waals surface area contributed by atoms with Crippen LogP contribution in [0.4, 0.5) is 0 Å². The minimum Gasteiger partial charge on any atom is -0.394 e. The standard InChI is InChI=1S/C24H29NO6.C19H27NO6.C16H19NO6/c1-30-24-21(23(29)22(28)19(17-26)31-24)25-20(27)16-12-7-5-3-2-4-6-9-13-18-14-10-8-11-15-18;1-3-4-12-5-7-13(8-6-12)9-10-15(22)20-16-18(24)17(23)14(11-21)26-19(16)25-2;1-22-16-13(15(21)14(20)11(9-18)23-16)17-12(19)8-7-10-5-3-2-4-6-10/h2-16,19,21-24,26,28-29H,17H2,1H3,(H,25,27);5-10,14,16-19,21,23-24H,3-4,11H2,1-2H3,(H,20,22);2-6,11,13-16,18,20-21H,9H2,1H3,(H,17,19)/b3-2+,6-4+,7-5+,13-9+,16-12+;10-9+;. The number of carbonyl (C=O) groups excluding carboxylic acids is 3. The maximum absolute atomic E-state index is 12.2. The van der Waals surface area contributed by atoms with Gasteiger partial charge in [0.05, 0.1) is 19.8 Å². The van der Waals surface area contributed by atoms with Crippen LogP contribution in [0.25, 0.3) is 12.2 Å². The molecular formula is C59H75N3O18. The van der Waals surface area contributed by atoms with Gasteiger partial charge in [-0.3, -0.25) is 14.4 Å². The zero-order valence-corrected chi connectivity index (χ0v) is 44.9. The average Bonchev–Trinajstić information content (AvgIpc) is 3.53. The monoisotopic (exact) mass is 1110 g/mol. The van der Waals surface area contributed by atoms with Crippen LogP contribution in [-0.4, -0.2) is 197 Å². The second kappa shape index (κ2) is 36.0. The van der Waals surface area contributed by atoms with Gasteiger partial charge in [-0.2, -0.15) is 0 Å². The van der Waals surface area contributed by atoms with Crippen molar-refractivity contribution < 1.29 is 88.8 Å². The molecule has 12 N–H and O–H groups in total. The molecule has 3 aliphatic heterocycles. The molecule has 21 nitrogen and oxygen atoms in total. The van der Waals surface area contributed by atoms with E-state index in [2.05, 4.69) is 34.7 Å². The molecule has 3 heterocycles. The molecule has 0 aromatic heterocycles. The van der Waals surface area contributed by atoms with Crippen molar-refractivity contribution in [3.8, 4) is 11.8 Å². The van der Waals surface area contributed by atoms with Gasteiger partial charge in [-0.05, 0) is 41.3 Å². The predicted octanol–water partition coefficient (Wildman–Crippen LogP) is 0.326. The van der Waals surface area contributed by atoms with Crippen LogP contribution in [0.15, 0.2) is 146 Å². The van der Waals surface area contributed by atoms with Gasteiger partial charge in [-0.1, -0.05) is 147 Å². The lowest BCUT2D eigenvalue weighted by Crippen LogP contribution is -2.64. The molecule has 21 heteroatoms. The lowest BCUT2D eigenvalue weighted by atomic mass is 9.97. The lowest BCUT2D eigenvalue weighted by Gasteiger charge is -2.41. The molecule has 0 bridgehead atoms. The van der Waals surface area contributed by atoms with Gasteiger partial charge in [0.15, 0.2) is 18.9 Å². The Kier molecular flexibility index (Phi) is 29.7. The summed E-state index contributed by atoms with van der Waals surface area (Å²) in [5, 5.41) is 95.3. The Morgan fingerprint density at radius 2 is 0.900 bits per heavy atom. The van der Waals surface area contributed by atoms with Crippen LogP contribution in [0.5, 0.6) is 0 Å². The first kappa shape index (κ1) is 66.0. The zero-order valence-electron chi connectivity index (χ0n) is 44.9. The molecule has 3 aromatic carbocycles. The highest BCUT2D eigenvalue weighted by molar-refractivity contribution is 5.94. The smallest absolute Gasteiger partial charge is 0.296 e. The summed E-state index contributed by atoms with van der Waals surface area (Å²) in [5.74, 6) is 3.51. The molecule has 3 fully saturated rings. The highest BCUT2D eigenvalue weighted by atomic mass is 16.7. The van der Waals surface area contributed by atoms with Crippen molar-refractivity contribution in [2.45, 2.75) is 112 Å². The number of aryl methyl sites for hydroxylation is 1. The number of methoxy groups -OCH3 is 3. The summed E-state index contributed by atoms with van der Waals surface area (Å²) < 4.78 is 31.3. The van der Waals surface area contributed by atoms with Gasteiger partial charge in [-0.15, -0.1) is 0 Å². The summed E-state index contributed by atoms with van der Waals surface area (Å²) in [6.45, 7) is 0.698. The van der Waals surface area contributed by atoms with E-state index in [9.17, 15) is 55.2 Å². The first-order chi connectivity index (χ1) is 38.6. The second-order valence-corrected chi connectivity index (χ2v) is 18.1. The number of rotatable bonds is 19. The maximum Gasteiger partial charge on any atom is 0.296 e. The van der Waals surface area contributed by atoms with Gasteiger partial charge < -0.3 is 90.3 Å². The zero-order chi connectivity index (χ0) is 58.4. The van der Waals surface area contributed by atoms with Crippen molar-refractivity contribution in [2.75, 3.05) is 41.2 Å². The number of benzene rings is 3. The van der Waals surface area contributed by atoms with E-state index in [1.807, 2.05) is 97.1 Å². The van der Waals surface area contributed by atoms with Crippen molar-refractivity contribution in [1.82, 2.24) is 16.0 Å². The number of aliphatic hydroxyl groups excluding tert-OH is 9. The summed E-state index contributed by atoms with van der Waals surface area (Å²) in [6, 6.07) is 23.9. The van der Waals surface area contributed by atoms with Gasteiger partial charge in [0.2, 0.25) is 11.8 Å². The average molecular weight is 1110 g/mol. The molecule has 6 rings (SSSR count). The number of nitrogens with one attached hydrogen (secondary N) is 3. The molecule has 15 atom stereocenters. The van der Waals surface area contributed by atoms with Crippen LogP contribution >= 0.6 is 0 Å². The van der Waals surface area contributed by atoms with Gasteiger partial charge in [0, 0.05) is 45.0 Å². The Labute approximate surface area is 465 Å². The van der Waals surface area contributed by atoms with Crippen LogP contribution in [0.2, 0.25) is 0 Å². The van der Waals surface area contributed by atoms with Crippen molar-refractivity contribution in [3.63, 3.8) is 0 Å². The fourth-order valence-electron chi connectivity index (χ4n) is 8.09. The first-order valence-corrected chi connectivity index (χ1v) is 25.7. The fourth-order valence-corrected chi connectivity index (χ4v) is 8.09. The van der Waals surface area contributed by atoms with Crippen LogP contribution in [0, 0.1) is 11.8 Å². The highest BCUT2D eigenvalue weighted by Crippen LogP contribution is 2.24. The van der Waals surface area contributed by atoms with Gasteiger partial charge in [0.1, 0.15) is 73.1 Å². The largest absolute Gasteiger partial charge is 0.394 e. The van der Waals surface area contributed by atoms with E-state index < -0.39 is 129 Å². The van der Waals surface area contributed by atoms with Crippen molar-refractivity contribution in [3.05, 3.63) is 168 Å². The van der Waals surface area contributed by atoms with Crippen molar-refractivity contribution in [2.24, 2.45) is 0 Å². The number of carbonyl (C=O) groups is 3. The van der Waals surface area contributed by atoms with Crippen LogP contribution in [-0.2, 0) is 49.2 Å². The van der Waals surface area contributed by atoms with E-state index in [1.54, 1.807) is 48.6 Å². The molecule has 434 valence electrons. The molecule has 3 amide bonds. The summed E-state index contributed by atoms with van der Waals surface area (Å²) in [6.07, 6.45) is 8.87. The third-order valence-electron chi connectivity index (χ3n) is 12.4. The maximum atomic E-state index is 12.2. The summed E-state index contributed by atoms with van der Waals surface area (Å²) >= 11 is 0. The molecular weight excluding hydrogens is 1040 g/mol. The van der Waals surface area contributed by atoms with Gasteiger partial charge in [0.25, 0.3) is 5.91 Å². The van der Waals surface area contributed by atoms with E-state index in [0.29, 0.717) is 5.56 Å². The Balaban J connectivity index is 0.000000261.